The Morgan fingerprint density at radius 3 is 2.45 bits per heavy atom. The van der Waals surface area contributed by atoms with E-state index in [4.69, 9.17) is 4.74 Å². The number of carbonyl (C=O) groups excluding carboxylic acids is 2. The molecule has 1 aliphatic heterocycles. The Bertz CT molecular complexity index is 835. The van der Waals surface area contributed by atoms with Gasteiger partial charge in [-0.1, -0.05) is 69.7 Å². The number of benzene rings is 2. The van der Waals surface area contributed by atoms with Crippen LogP contribution in [0.15, 0.2) is 54.6 Å². The molecule has 0 radical (unpaired) electrons. The first-order valence-electron chi connectivity index (χ1n) is 10.4. The number of rotatable bonds is 6. The summed E-state index contributed by atoms with van der Waals surface area (Å²) >= 11 is 0. The zero-order valence-electron chi connectivity index (χ0n) is 17.5. The zero-order valence-corrected chi connectivity index (χ0v) is 17.5. The Morgan fingerprint density at radius 2 is 1.76 bits per heavy atom. The van der Waals surface area contributed by atoms with Gasteiger partial charge in [0.2, 0.25) is 0 Å². The van der Waals surface area contributed by atoms with E-state index in [0.717, 1.165) is 29.7 Å². The molecular formula is C24H30N2O3. The highest BCUT2D eigenvalue weighted by Gasteiger charge is 2.41. The Balaban J connectivity index is 1.98. The molecule has 0 spiro atoms. The average Bonchev–Trinajstić information content (AvgIpc) is 2.74. The summed E-state index contributed by atoms with van der Waals surface area (Å²) in [6, 6.07) is 16.8. The van der Waals surface area contributed by atoms with Gasteiger partial charge in [-0.25, -0.2) is 4.79 Å². The molecule has 1 atom stereocenters. The molecular weight excluding hydrogens is 364 g/mol. The van der Waals surface area contributed by atoms with Crippen molar-refractivity contribution in [2.75, 3.05) is 24.6 Å². The maximum atomic E-state index is 13.6. The van der Waals surface area contributed by atoms with E-state index in [1.807, 2.05) is 54.6 Å². The Morgan fingerprint density at radius 1 is 1.07 bits per heavy atom. The van der Waals surface area contributed by atoms with E-state index >= 15 is 0 Å². The number of nitrogens with zero attached hydrogens (tertiary/aromatic N) is 2. The molecule has 1 saturated heterocycles. The predicted octanol–water partition coefficient (Wildman–Crippen LogP) is 5.14. The Kier molecular flexibility index (Phi) is 6.91. The van der Waals surface area contributed by atoms with E-state index < -0.39 is 12.1 Å². The first-order chi connectivity index (χ1) is 14.0. The minimum Gasteiger partial charge on any atom is -0.449 e. The molecule has 1 fully saturated rings. The molecule has 0 aromatic heterocycles. The fraction of sp³-hybridized carbons (Fsp3) is 0.417. The molecule has 0 saturated carbocycles. The van der Waals surface area contributed by atoms with Gasteiger partial charge in [-0.05, 0) is 35.6 Å². The maximum Gasteiger partial charge on any atom is 0.410 e. The van der Waals surface area contributed by atoms with Crippen LogP contribution in [-0.4, -0.2) is 36.6 Å². The van der Waals surface area contributed by atoms with Crippen molar-refractivity contribution >= 4 is 17.7 Å². The van der Waals surface area contributed by atoms with Crippen molar-refractivity contribution in [2.45, 2.75) is 45.6 Å². The molecule has 0 bridgehead atoms. The third-order valence-electron chi connectivity index (χ3n) is 5.31. The van der Waals surface area contributed by atoms with E-state index in [0.29, 0.717) is 19.7 Å². The summed E-state index contributed by atoms with van der Waals surface area (Å²) in [5, 5.41) is 0. The molecule has 1 aliphatic rings. The molecule has 2 aromatic rings. The van der Waals surface area contributed by atoms with Gasteiger partial charge in [0.15, 0.2) is 0 Å². The van der Waals surface area contributed by atoms with Crippen LogP contribution in [0.4, 0.5) is 10.5 Å². The highest BCUT2D eigenvalue weighted by Crippen LogP contribution is 2.34. The Hall–Kier alpha value is -2.82. The highest BCUT2D eigenvalue weighted by molar-refractivity contribution is 6.00. The fourth-order valence-electron chi connectivity index (χ4n) is 3.76. The molecule has 0 aliphatic carbocycles. The van der Waals surface area contributed by atoms with Gasteiger partial charge in [-0.3, -0.25) is 9.69 Å². The van der Waals surface area contributed by atoms with Gasteiger partial charge >= 0.3 is 6.09 Å². The lowest BCUT2D eigenvalue weighted by atomic mass is 9.90. The lowest BCUT2D eigenvalue weighted by Gasteiger charge is -2.41. The summed E-state index contributed by atoms with van der Waals surface area (Å²) in [5.74, 6) is 0.145. The number of para-hydroxylation sites is 1. The lowest BCUT2D eigenvalue weighted by Crippen LogP contribution is -2.54. The Labute approximate surface area is 173 Å². The molecule has 1 heterocycles. The van der Waals surface area contributed by atoms with Gasteiger partial charge in [0.1, 0.15) is 6.04 Å². The standard InChI is InChI=1S/C24H30N2O3/c1-4-5-17-29-24(28)26-16-15-25(19-11-7-6-8-12-19)23(27)22(26)21-14-10-9-13-20(21)18(2)3/h6-14,18,22H,4-5,15-17H2,1-3H3. The average molecular weight is 395 g/mol. The van der Waals surface area contributed by atoms with Crippen LogP contribution in [0.25, 0.3) is 0 Å². The number of anilines is 1. The summed E-state index contributed by atoms with van der Waals surface area (Å²) in [5.41, 5.74) is 2.80. The van der Waals surface area contributed by atoms with Gasteiger partial charge in [0, 0.05) is 18.8 Å². The normalized spacial score (nSPS) is 17.0. The van der Waals surface area contributed by atoms with Gasteiger partial charge in [0.05, 0.1) is 6.61 Å². The van der Waals surface area contributed by atoms with Gasteiger partial charge < -0.3 is 9.64 Å². The quantitative estimate of drug-likeness (QED) is 0.638. The summed E-state index contributed by atoms with van der Waals surface area (Å²) < 4.78 is 5.48. The minimum absolute atomic E-state index is 0.0945. The van der Waals surface area contributed by atoms with Crippen LogP contribution < -0.4 is 4.90 Å². The molecule has 29 heavy (non-hydrogen) atoms. The third-order valence-corrected chi connectivity index (χ3v) is 5.31. The number of carbonyl (C=O) groups is 2. The van der Waals surface area contributed by atoms with Crippen molar-refractivity contribution in [1.29, 1.82) is 0 Å². The largest absolute Gasteiger partial charge is 0.449 e. The van der Waals surface area contributed by atoms with Gasteiger partial charge in [-0.15, -0.1) is 0 Å². The second kappa shape index (κ2) is 9.59. The number of ether oxygens (including phenoxy) is 1. The van der Waals surface area contributed by atoms with Crippen LogP contribution in [0, 0.1) is 0 Å². The van der Waals surface area contributed by atoms with E-state index in [1.165, 1.54) is 0 Å². The van der Waals surface area contributed by atoms with Crippen LogP contribution in [-0.2, 0) is 9.53 Å². The summed E-state index contributed by atoms with van der Waals surface area (Å²) in [4.78, 5) is 29.9. The SMILES string of the molecule is CCCCOC(=O)N1CCN(c2ccccc2)C(=O)C1c1ccccc1C(C)C. The van der Waals surface area contributed by atoms with Gasteiger partial charge in [0.25, 0.3) is 5.91 Å². The number of unbranched alkanes of at least 4 members (excludes halogenated alkanes) is 1. The fourth-order valence-corrected chi connectivity index (χ4v) is 3.76. The smallest absolute Gasteiger partial charge is 0.410 e. The molecule has 5 nitrogen and oxygen atoms in total. The van der Waals surface area contributed by atoms with Crippen molar-refractivity contribution in [3.63, 3.8) is 0 Å². The third kappa shape index (κ3) is 4.61. The van der Waals surface area contributed by atoms with Crippen molar-refractivity contribution in [2.24, 2.45) is 0 Å². The monoisotopic (exact) mass is 394 g/mol. The first-order valence-corrected chi connectivity index (χ1v) is 10.4. The van der Waals surface area contributed by atoms with Crippen molar-refractivity contribution in [3.05, 3.63) is 65.7 Å². The van der Waals surface area contributed by atoms with E-state index in [-0.39, 0.29) is 11.8 Å². The van der Waals surface area contributed by atoms with Crippen molar-refractivity contribution < 1.29 is 14.3 Å². The van der Waals surface area contributed by atoms with E-state index in [2.05, 4.69) is 20.8 Å². The second-order valence-electron chi connectivity index (χ2n) is 7.67. The summed E-state index contributed by atoms with van der Waals surface area (Å²) in [7, 11) is 0. The van der Waals surface area contributed by atoms with Gasteiger partial charge in [-0.2, -0.15) is 0 Å². The number of amides is 2. The molecule has 154 valence electrons. The predicted molar refractivity (Wildman–Crippen MR) is 115 cm³/mol. The number of piperazine rings is 1. The molecule has 2 aromatic carbocycles. The van der Waals surface area contributed by atoms with Crippen LogP contribution in [0.5, 0.6) is 0 Å². The number of hydrogen-bond donors (Lipinski definition) is 0. The van der Waals surface area contributed by atoms with Crippen LogP contribution >= 0.6 is 0 Å². The minimum atomic E-state index is -0.684. The molecule has 3 rings (SSSR count). The second-order valence-corrected chi connectivity index (χ2v) is 7.67. The maximum absolute atomic E-state index is 13.6. The summed E-state index contributed by atoms with van der Waals surface area (Å²) in [6.45, 7) is 7.52. The molecule has 5 heteroatoms. The van der Waals surface area contributed by atoms with Crippen LogP contribution in [0.1, 0.15) is 56.7 Å². The molecule has 1 unspecified atom stereocenters. The topological polar surface area (TPSA) is 49.9 Å². The lowest BCUT2D eigenvalue weighted by molar-refractivity contribution is -0.125. The van der Waals surface area contributed by atoms with Crippen molar-refractivity contribution in [1.82, 2.24) is 4.90 Å². The van der Waals surface area contributed by atoms with E-state index in [1.54, 1.807) is 9.80 Å². The first kappa shape index (κ1) is 20.9. The zero-order chi connectivity index (χ0) is 20.8. The van der Waals surface area contributed by atoms with Crippen LogP contribution in [0.2, 0.25) is 0 Å². The van der Waals surface area contributed by atoms with E-state index in [9.17, 15) is 9.59 Å². The molecule has 2 amide bonds. The van der Waals surface area contributed by atoms with Crippen LogP contribution in [0.3, 0.4) is 0 Å². The highest BCUT2D eigenvalue weighted by atomic mass is 16.6. The van der Waals surface area contributed by atoms with Crippen molar-refractivity contribution in [3.8, 4) is 0 Å². The number of hydrogen-bond acceptors (Lipinski definition) is 3. The summed E-state index contributed by atoms with van der Waals surface area (Å²) in [6.07, 6.45) is 1.35. The molecule has 0 N–H and O–H groups in total.